The summed E-state index contributed by atoms with van der Waals surface area (Å²) in [5, 5.41) is 9.75. The highest BCUT2D eigenvalue weighted by Crippen LogP contribution is 2.33. The van der Waals surface area contributed by atoms with E-state index in [0.717, 1.165) is 36.3 Å². The second kappa shape index (κ2) is 9.17. The summed E-state index contributed by atoms with van der Waals surface area (Å²) >= 11 is 1.61. The Hall–Kier alpha value is -3.48. The number of amides is 2. The van der Waals surface area contributed by atoms with Crippen LogP contribution in [0.1, 0.15) is 40.4 Å². The third kappa shape index (κ3) is 4.27. The first-order chi connectivity index (χ1) is 16.1. The van der Waals surface area contributed by atoms with E-state index >= 15 is 0 Å². The number of hydrogen-bond donors (Lipinski definition) is 2. The molecule has 0 radical (unpaired) electrons. The first-order valence-electron chi connectivity index (χ1n) is 11.1. The van der Waals surface area contributed by atoms with Crippen LogP contribution in [0.2, 0.25) is 0 Å². The third-order valence-corrected chi connectivity index (χ3v) is 6.97. The average Bonchev–Trinajstić information content (AvgIpc) is 3.52. The molecule has 0 saturated carbocycles. The molecule has 2 aliphatic rings. The first kappa shape index (κ1) is 21.4. The molecule has 1 atom stereocenters. The zero-order chi connectivity index (χ0) is 22.8. The maximum absolute atomic E-state index is 12.7. The molecule has 2 aliphatic heterocycles. The van der Waals surface area contributed by atoms with Crippen molar-refractivity contribution in [2.24, 2.45) is 0 Å². The Morgan fingerprint density at radius 3 is 2.67 bits per heavy atom. The van der Waals surface area contributed by atoms with Gasteiger partial charge >= 0.3 is 0 Å². The molecule has 1 saturated heterocycles. The van der Waals surface area contributed by atoms with Gasteiger partial charge in [-0.3, -0.25) is 19.8 Å². The van der Waals surface area contributed by atoms with Crippen LogP contribution in [0.3, 0.4) is 0 Å². The number of benzene rings is 2. The molecule has 1 unspecified atom stereocenters. The Bertz CT molecular complexity index is 1230. The maximum Gasteiger partial charge on any atom is 0.260 e. The standard InChI is InChI=1S/C27H25N3O2S/c1-2-12-30-13-3-4-25(30)18-5-8-21(9-6-18)28-16-24-23-15-19(20-11-14-33-17-20)7-10-22(23)26(31)29-27(24)32/h2,5-11,14-17,25,28H,1,3-4,12-13H2,(H,29,31,32). The highest BCUT2D eigenvalue weighted by atomic mass is 32.1. The molecule has 6 heteroatoms. The van der Waals surface area contributed by atoms with Crippen LogP contribution in [0.15, 0.2) is 78.1 Å². The van der Waals surface area contributed by atoms with Crippen molar-refractivity contribution in [1.29, 1.82) is 0 Å². The van der Waals surface area contributed by atoms with E-state index < -0.39 is 5.91 Å². The number of nitrogens with zero attached hydrogens (tertiary/aromatic N) is 1. The number of carbonyl (C=O) groups is 2. The minimum absolute atomic E-state index is 0.367. The average molecular weight is 456 g/mol. The van der Waals surface area contributed by atoms with Gasteiger partial charge in [0.15, 0.2) is 0 Å². The fourth-order valence-corrected chi connectivity index (χ4v) is 5.29. The van der Waals surface area contributed by atoms with Crippen LogP contribution < -0.4 is 10.6 Å². The summed E-state index contributed by atoms with van der Waals surface area (Å²) in [4.78, 5) is 27.5. The van der Waals surface area contributed by atoms with Crippen LogP contribution in [0.4, 0.5) is 5.69 Å². The summed E-state index contributed by atoms with van der Waals surface area (Å²) in [6, 6.07) is 16.4. The summed E-state index contributed by atoms with van der Waals surface area (Å²) in [5.41, 5.74) is 5.82. The van der Waals surface area contributed by atoms with E-state index in [-0.39, 0.29) is 5.91 Å². The third-order valence-electron chi connectivity index (χ3n) is 6.29. The smallest absolute Gasteiger partial charge is 0.260 e. The highest BCUT2D eigenvalue weighted by molar-refractivity contribution is 7.08. The summed E-state index contributed by atoms with van der Waals surface area (Å²) in [6.07, 6.45) is 6.00. The monoisotopic (exact) mass is 455 g/mol. The number of rotatable bonds is 6. The quantitative estimate of drug-likeness (QED) is 0.294. The Kier molecular flexibility index (Phi) is 5.94. The van der Waals surface area contributed by atoms with Crippen molar-refractivity contribution >= 4 is 34.4 Å². The van der Waals surface area contributed by atoms with Crippen molar-refractivity contribution in [2.75, 3.05) is 18.4 Å². The predicted octanol–water partition coefficient (Wildman–Crippen LogP) is 5.46. The lowest BCUT2D eigenvalue weighted by atomic mass is 9.92. The zero-order valence-corrected chi connectivity index (χ0v) is 19.0. The molecule has 166 valence electrons. The molecule has 0 bridgehead atoms. The van der Waals surface area contributed by atoms with Crippen LogP contribution >= 0.6 is 11.3 Å². The number of imide groups is 1. The topological polar surface area (TPSA) is 61.4 Å². The van der Waals surface area contributed by atoms with E-state index in [1.54, 1.807) is 23.6 Å². The van der Waals surface area contributed by atoms with E-state index in [4.69, 9.17) is 0 Å². The van der Waals surface area contributed by atoms with Gasteiger partial charge in [-0.2, -0.15) is 11.3 Å². The van der Waals surface area contributed by atoms with Crippen LogP contribution in [-0.2, 0) is 4.79 Å². The molecule has 1 fully saturated rings. The Balaban J connectivity index is 1.40. The predicted molar refractivity (Wildman–Crippen MR) is 134 cm³/mol. The molecule has 5 nitrogen and oxygen atoms in total. The minimum Gasteiger partial charge on any atom is -0.361 e. The molecule has 2 N–H and O–H groups in total. The van der Waals surface area contributed by atoms with Crippen molar-refractivity contribution in [2.45, 2.75) is 18.9 Å². The van der Waals surface area contributed by atoms with Gasteiger partial charge < -0.3 is 5.32 Å². The number of anilines is 1. The molecule has 0 aliphatic carbocycles. The van der Waals surface area contributed by atoms with Gasteiger partial charge in [0.25, 0.3) is 11.8 Å². The van der Waals surface area contributed by atoms with Crippen LogP contribution in [0.25, 0.3) is 16.7 Å². The summed E-state index contributed by atoms with van der Waals surface area (Å²) in [6.45, 7) is 5.87. The first-order valence-corrected chi connectivity index (χ1v) is 12.0. The SMILES string of the molecule is C=CCN1CCCC1c1ccc(NC=C2C(=O)NC(=O)c3ccc(-c4ccsc4)cc32)cc1. The Labute approximate surface area is 197 Å². The number of fused-ring (bicyclic) bond motifs is 1. The van der Waals surface area contributed by atoms with Crippen LogP contribution in [0.5, 0.6) is 0 Å². The lowest BCUT2D eigenvalue weighted by Crippen LogP contribution is -2.36. The summed E-state index contributed by atoms with van der Waals surface area (Å²) < 4.78 is 0. The normalized spacial score (nSPS) is 19.4. The lowest BCUT2D eigenvalue weighted by molar-refractivity contribution is -0.114. The Morgan fingerprint density at radius 2 is 1.91 bits per heavy atom. The van der Waals surface area contributed by atoms with Gasteiger partial charge in [-0.05, 0) is 77.2 Å². The van der Waals surface area contributed by atoms with Crippen molar-refractivity contribution in [1.82, 2.24) is 10.2 Å². The number of carbonyl (C=O) groups excluding carboxylic acids is 2. The second-order valence-corrected chi connectivity index (χ2v) is 9.10. The largest absolute Gasteiger partial charge is 0.361 e. The van der Waals surface area contributed by atoms with Crippen LogP contribution in [-0.4, -0.2) is 29.8 Å². The molecule has 3 aromatic rings. The maximum atomic E-state index is 12.7. The molecule has 2 amide bonds. The molecule has 1 aromatic heterocycles. The fraction of sp³-hybridized carbons (Fsp3) is 0.185. The molecular weight excluding hydrogens is 430 g/mol. The number of nitrogens with one attached hydrogen (secondary N) is 2. The fourth-order valence-electron chi connectivity index (χ4n) is 4.62. The molecular formula is C27H25N3O2S. The van der Waals surface area contributed by atoms with Gasteiger partial charge in [-0.15, -0.1) is 6.58 Å². The van der Waals surface area contributed by atoms with Gasteiger partial charge in [0.2, 0.25) is 0 Å². The van der Waals surface area contributed by atoms with E-state index in [9.17, 15) is 9.59 Å². The van der Waals surface area contributed by atoms with E-state index in [0.29, 0.717) is 22.7 Å². The molecule has 5 rings (SSSR count). The van der Waals surface area contributed by atoms with E-state index in [1.807, 2.05) is 41.8 Å². The van der Waals surface area contributed by atoms with Gasteiger partial charge in [-0.25, -0.2) is 0 Å². The van der Waals surface area contributed by atoms with Crippen molar-refractivity contribution in [3.05, 3.63) is 94.8 Å². The van der Waals surface area contributed by atoms with Crippen LogP contribution in [0, 0.1) is 0 Å². The Morgan fingerprint density at radius 1 is 1.06 bits per heavy atom. The van der Waals surface area contributed by atoms with Crippen molar-refractivity contribution in [3.8, 4) is 11.1 Å². The van der Waals surface area contributed by atoms with Gasteiger partial charge in [-0.1, -0.05) is 24.3 Å². The number of likely N-dealkylation sites (tertiary alicyclic amines) is 1. The zero-order valence-electron chi connectivity index (χ0n) is 18.2. The molecule has 33 heavy (non-hydrogen) atoms. The minimum atomic E-state index is -0.398. The molecule has 2 aromatic carbocycles. The van der Waals surface area contributed by atoms with Gasteiger partial charge in [0.05, 0.1) is 5.57 Å². The summed E-state index contributed by atoms with van der Waals surface area (Å²) in [7, 11) is 0. The second-order valence-electron chi connectivity index (χ2n) is 8.32. The summed E-state index contributed by atoms with van der Waals surface area (Å²) in [5.74, 6) is -0.765. The molecule has 3 heterocycles. The van der Waals surface area contributed by atoms with Gasteiger partial charge in [0.1, 0.15) is 0 Å². The highest BCUT2D eigenvalue weighted by Gasteiger charge is 2.28. The molecule has 0 spiro atoms. The lowest BCUT2D eigenvalue weighted by Gasteiger charge is -2.23. The van der Waals surface area contributed by atoms with E-state index in [2.05, 4.69) is 39.6 Å². The number of hydrogen-bond acceptors (Lipinski definition) is 5. The van der Waals surface area contributed by atoms with Gasteiger partial charge in [0, 0.05) is 35.6 Å². The van der Waals surface area contributed by atoms with Crippen molar-refractivity contribution in [3.63, 3.8) is 0 Å². The number of thiophene rings is 1. The van der Waals surface area contributed by atoms with E-state index in [1.165, 1.54) is 12.0 Å². The van der Waals surface area contributed by atoms with Crippen molar-refractivity contribution < 1.29 is 9.59 Å².